The number of likely N-dealkylation sites (N-methyl/N-ethyl adjacent to an activating group) is 1. The molecule has 1 fully saturated rings. The fourth-order valence-corrected chi connectivity index (χ4v) is 4.71. The van der Waals surface area contributed by atoms with Gasteiger partial charge in [0, 0.05) is 36.9 Å². The van der Waals surface area contributed by atoms with E-state index < -0.39 is 15.9 Å². The number of nitrogens with one attached hydrogen (secondary N) is 1. The zero-order valence-corrected chi connectivity index (χ0v) is 18.1. The first-order chi connectivity index (χ1) is 13.8. The molecule has 0 bridgehead atoms. The van der Waals surface area contributed by atoms with Crippen molar-refractivity contribution in [1.29, 1.82) is 0 Å². The summed E-state index contributed by atoms with van der Waals surface area (Å²) in [5.74, 6) is -0.0504. The van der Waals surface area contributed by atoms with E-state index in [0.29, 0.717) is 47.7 Å². The van der Waals surface area contributed by atoms with E-state index in [1.165, 1.54) is 22.5 Å². The second-order valence-electron chi connectivity index (χ2n) is 6.64. The minimum atomic E-state index is -3.54. The number of hydrogen-bond acceptors (Lipinski definition) is 5. The van der Waals surface area contributed by atoms with Crippen LogP contribution in [0.15, 0.2) is 47.4 Å². The van der Waals surface area contributed by atoms with Crippen molar-refractivity contribution in [3.63, 3.8) is 0 Å². The molecular formula is C19H21Cl2N3O4S. The van der Waals surface area contributed by atoms with E-state index in [9.17, 15) is 13.2 Å². The Labute approximate surface area is 180 Å². The third-order valence-corrected chi connectivity index (χ3v) is 6.93. The third-order valence-electron chi connectivity index (χ3n) is 4.49. The molecule has 1 amide bonds. The first-order valence-corrected chi connectivity index (χ1v) is 11.1. The highest BCUT2D eigenvalue weighted by Gasteiger charge is 2.27. The molecule has 29 heavy (non-hydrogen) atoms. The average molecular weight is 458 g/mol. The van der Waals surface area contributed by atoms with E-state index in [2.05, 4.69) is 10.2 Å². The SMILES string of the molecule is CN1CCN(S(=O)(=O)c2ccc(NC(=O)COc3ccc(Cl)cc3Cl)cc2)CC1. The van der Waals surface area contributed by atoms with Gasteiger partial charge in [0.25, 0.3) is 5.91 Å². The summed E-state index contributed by atoms with van der Waals surface area (Å²) >= 11 is 11.8. The molecule has 1 saturated heterocycles. The lowest BCUT2D eigenvalue weighted by Crippen LogP contribution is -2.46. The highest BCUT2D eigenvalue weighted by molar-refractivity contribution is 7.89. The monoisotopic (exact) mass is 457 g/mol. The second-order valence-corrected chi connectivity index (χ2v) is 9.42. The van der Waals surface area contributed by atoms with Gasteiger partial charge >= 0.3 is 0 Å². The number of hydrogen-bond donors (Lipinski definition) is 1. The maximum atomic E-state index is 12.7. The summed E-state index contributed by atoms with van der Waals surface area (Å²) in [7, 11) is -1.58. The standard InChI is InChI=1S/C19H21Cl2N3O4S/c1-23-8-10-24(11-9-23)29(26,27)16-5-3-15(4-6-16)22-19(25)13-28-18-7-2-14(20)12-17(18)21/h2-7,12H,8-11,13H2,1H3,(H,22,25). The van der Waals surface area contributed by atoms with Crippen molar-refractivity contribution in [1.82, 2.24) is 9.21 Å². The van der Waals surface area contributed by atoms with Gasteiger partial charge in [-0.15, -0.1) is 0 Å². The maximum Gasteiger partial charge on any atom is 0.262 e. The number of piperazine rings is 1. The van der Waals surface area contributed by atoms with E-state index in [0.717, 1.165) is 0 Å². The van der Waals surface area contributed by atoms with Gasteiger partial charge in [0.05, 0.1) is 9.92 Å². The van der Waals surface area contributed by atoms with Gasteiger partial charge in [0.2, 0.25) is 10.0 Å². The number of anilines is 1. The number of rotatable bonds is 6. The van der Waals surface area contributed by atoms with Gasteiger partial charge in [-0.25, -0.2) is 8.42 Å². The van der Waals surface area contributed by atoms with E-state index in [1.807, 2.05) is 7.05 Å². The van der Waals surface area contributed by atoms with Crippen LogP contribution < -0.4 is 10.1 Å². The number of nitrogens with zero attached hydrogens (tertiary/aromatic N) is 2. The molecule has 0 unspecified atom stereocenters. The topological polar surface area (TPSA) is 79.0 Å². The zero-order chi connectivity index (χ0) is 21.0. The summed E-state index contributed by atoms with van der Waals surface area (Å²) < 4.78 is 32.3. The van der Waals surface area contributed by atoms with E-state index in [-0.39, 0.29) is 11.5 Å². The summed E-state index contributed by atoms with van der Waals surface area (Å²) in [5.41, 5.74) is 0.470. The molecule has 1 aliphatic rings. The van der Waals surface area contributed by atoms with Crippen molar-refractivity contribution in [2.75, 3.05) is 45.2 Å². The molecule has 0 aliphatic carbocycles. The second kappa shape index (κ2) is 9.32. The molecule has 0 aromatic heterocycles. The van der Waals surface area contributed by atoms with Crippen LogP contribution in [0.4, 0.5) is 5.69 Å². The average Bonchev–Trinajstić information content (AvgIpc) is 2.68. The number of benzene rings is 2. The van der Waals surface area contributed by atoms with Crippen LogP contribution in [0.3, 0.4) is 0 Å². The molecule has 7 nitrogen and oxygen atoms in total. The van der Waals surface area contributed by atoms with Crippen LogP contribution in [0.5, 0.6) is 5.75 Å². The Morgan fingerprint density at radius 1 is 1.07 bits per heavy atom. The summed E-state index contributed by atoms with van der Waals surface area (Å²) in [4.78, 5) is 14.4. The van der Waals surface area contributed by atoms with Gasteiger partial charge < -0.3 is 15.0 Å². The van der Waals surface area contributed by atoms with Crippen molar-refractivity contribution in [3.8, 4) is 5.75 Å². The molecule has 1 N–H and O–H groups in total. The van der Waals surface area contributed by atoms with Crippen LogP contribution >= 0.6 is 23.2 Å². The van der Waals surface area contributed by atoms with Gasteiger partial charge in [-0.05, 0) is 49.5 Å². The van der Waals surface area contributed by atoms with E-state index >= 15 is 0 Å². The minimum absolute atomic E-state index is 0.198. The number of carbonyl (C=O) groups excluding carboxylic acids is 1. The van der Waals surface area contributed by atoms with Crippen LogP contribution in [-0.4, -0.2) is 63.4 Å². The first-order valence-electron chi connectivity index (χ1n) is 8.92. The van der Waals surface area contributed by atoms with Crippen molar-refractivity contribution < 1.29 is 17.9 Å². The molecule has 3 rings (SSSR count). The predicted octanol–water partition coefficient (Wildman–Crippen LogP) is 2.95. The molecular weight excluding hydrogens is 437 g/mol. The number of sulfonamides is 1. The molecule has 2 aromatic carbocycles. The fraction of sp³-hybridized carbons (Fsp3) is 0.316. The molecule has 0 spiro atoms. The number of carbonyl (C=O) groups is 1. The molecule has 0 atom stereocenters. The zero-order valence-electron chi connectivity index (χ0n) is 15.8. The quantitative estimate of drug-likeness (QED) is 0.720. The van der Waals surface area contributed by atoms with Gasteiger partial charge in [-0.3, -0.25) is 4.79 Å². The van der Waals surface area contributed by atoms with Crippen LogP contribution in [0.1, 0.15) is 0 Å². The van der Waals surface area contributed by atoms with Crippen LogP contribution in [0, 0.1) is 0 Å². The number of ether oxygens (including phenoxy) is 1. The van der Waals surface area contributed by atoms with Gasteiger partial charge in [0.15, 0.2) is 6.61 Å². The van der Waals surface area contributed by atoms with Gasteiger partial charge in [-0.2, -0.15) is 4.31 Å². The largest absolute Gasteiger partial charge is 0.482 e. The van der Waals surface area contributed by atoms with E-state index in [4.69, 9.17) is 27.9 Å². The summed E-state index contributed by atoms with van der Waals surface area (Å²) in [6, 6.07) is 10.8. The lowest BCUT2D eigenvalue weighted by molar-refractivity contribution is -0.118. The van der Waals surface area contributed by atoms with Gasteiger partial charge in [0.1, 0.15) is 5.75 Å². The lowest BCUT2D eigenvalue weighted by Gasteiger charge is -2.31. The maximum absolute atomic E-state index is 12.7. The van der Waals surface area contributed by atoms with Crippen molar-refractivity contribution in [2.24, 2.45) is 0 Å². The van der Waals surface area contributed by atoms with Crippen LogP contribution in [-0.2, 0) is 14.8 Å². The Bertz CT molecular complexity index is 975. The first kappa shape index (κ1) is 21.9. The Balaban J connectivity index is 1.57. The Morgan fingerprint density at radius 2 is 1.72 bits per heavy atom. The Hall–Kier alpha value is -1.84. The normalized spacial score (nSPS) is 15.8. The molecule has 156 valence electrons. The lowest BCUT2D eigenvalue weighted by atomic mass is 10.3. The summed E-state index contributed by atoms with van der Waals surface area (Å²) in [6.45, 7) is 2.07. The van der Waals surface area contributed by atoms with Crippen molar-refractivity contribution in [3.05, 3.63) is 52.5 Å². The van der Waals surface area contributed by atoms with Gasteiger partial charge in [-0.1, -0.05) is 23.2 Å². The van der Waals surface area contributed by atoms with Crippen molar-refractivity contribution >= 4 is 44.8 Å². The van der Waals surface area contributed by atoms with E-state index in [1.54, 1.807) is 24.3 Å². The van der Waals surface area contributed by atoms with Crippen LogP contribution in [0.25, 0.3) is 0 Å². The number of amides is 1. The third kappa shape index (κ3) is 5.61. The van der Waals surface area contributed by atoms with Crippen LogP contribution in [0.2, 0.25) is 10.0 Å². The van der Waals surface area contributed by atoms with Crippen molar-refractivity contribution in [2.45, 2.75) is 4.90 Å². The summed E-state index contributed by atoms with van der Waals surface area (Å²) in [5, 5.41) is 3.44. The smallest absolute Gasteiger partial charge is 0.262 e. The molecule has 1 heterocycles. The molecule has 1 aliphatic heterocycles. The Kier molecular flexibility index (Phi) is 7.02. The highest BCUT2D eigenvalue weighted by atomic mass is 35.5. The molecule has 0 radical (unpaired) electrons. The number of halogens is 2. The Morgan fingerprint density at radius 3 is 2.34 bits per heavy atom. The summed E-state index contributed by atoms with van der Waals surface area (Å²) in [6.07, 6.45) is 0. The highest BCUT2D eigenvalue weighted by Crippen LogP contribution is 2.27. The molecule has 0 saturated carbocycles. The molecule has 2 aromatic rings. The fourth-order valence-electron chi connectivity index (χ4n) is 2.82. The molecule has 10 heteroatoms. The minimum Gasteiger partial charge on any atom is -0.482 e. The predicted molar refractivity (Wildman–Crippen MR) is 113 cm³/mol.